The third-order valence-electron chi connectivity index (χ3n) is 2.94. The summed E-state index contributed by atoms with van der Waals surface area (Å²) < 4.78 is 12.9. The van der Waals surface area contributed by atoms with E-state index in [1.54, 1.807) is 19.1 Å². The second kappa shape index (κ2) is 4.84. The van der Waals surface area contributed by atoms with Gasteiger partial charge in [0, 0.05) is 0 Å². The number of rotatable bonds is 3. The summed E-state index contributed by atoms with van der Waals surface area (Å²) in [6.07, 6.45) is 1.49. The first kappa shape index (κ1) is 13.3. The van der Waals surface area contributed by atoms with E-state index in [0.717, 1.165) is 5.56 Å². The zero-order chi connectivity index (χ0) is 14.0. The average molecular weight is 261 g/mol. The molecule has 0 bridgehead atoms. The minimum Gasteiger partial charge on any atom is -0.342 e. The number of aryl methyl sites for hydroxylation is 1. The lowest BCUT2D eigenvalue weighted by molar-refractivity contribution is 0.0907. The monoisotopic (exact) mass is 261 g/mol. The predicted octanol–water partition coefficient (Wildman–Crippen LogP) is 2.52. The first-order valence-electron chi connectivity index (χ1n) is 5.98. The summed E-state index contributed by atoms with van der Waals surface area (Å²) in [6, 6.07) is 6.08. The van der Waals surface area contributed by atoms with E-state index in [2.05, 4.69) is 15.3 Å². The molecule has 0 radical (unpaired) electrons. The van der Waals surface area contributed by atoms with Gasteiger partial charge in [-0.2, -0.15) is 0 Å². The number of aromatic nitrogens is 2. The zero-order valence-electron chi connectivity index (χ0n) is 11.1. The third kappa shape index (κ3) is 2.99. The molecule has 0 saturated heterocycles. The number of imidazole rings is 1. The second-order valence-corrected chi connectivity index (χ2v) is 4.97. The van der Waals surface area contributed by atoms with Gasteiger partial charge in [0.15, 0.2) is 0 Å². The number of carbonyl (C=O) groups excluding carboxylic acids is 1. The molecule has 1 aromatic heterocycles. The fraction of sp³-hybridized carbons (Fsp3) is 0.286. The van der Waals surface area contributed by atoms with Gasteiger partial charge in [-0.3, -0.25) is 4.79 Å². The molecule has 2 rings (SSSR count). The minimum atomic E-state index is -0.593. The highest BCUT2D eigenvalue weighted by molar-refractivity contribution is 5.92. The molecule has 0 unspecified atom stereocenters. The van der Waals surface area contributed by atoms with Gasteiger partial charge < -0.3 is 10.3 Å². The Morgan fingerprint density at radius 2 is 1.95 bits per heavy atom. The van der Waals surface area contributed by atoms with Crippen LogP contribution in [0.3, 0.4) is 0 Å². The van der Waals surface area contributed by atoms with Crippen LogP contribution in [-0.4, -0.2) is 15.9 Å². The number of amides is 1. The fourth-order valence-corrected chi connectivity index (χ4v) is 1.83. The molecule has 0 aliphatic carbocycles. The number of halogens is 1. The number of nitrogens with zero attached hydrogens (tertiary/aromatic N) is 1. The fourth-order valence-electron chi connectivity index (χ4n) is 1.83. The molecule has 5 heteroatoms. The van der Waals surface area contributed by atoms with Crippen molar-refractivity contribution < 1.29 is 9.18 Å². The van der Waals surface area contributed by atoms with Crippen LogP contribution in [-0.2, 0) is 5.54 Å². The summed E-state index contributed by atoms with van der Waals surface area (Å²) in [7, 11) is 0. The van der Waals surface area contributed by atoms with E-state index >= 15 is 0 Å². The van der Waals surface area contributed by atoms with Crippen molar-refractivity contribution in [2.75, 3.05) is 0 Å². The maximum atomic E-state index is 12.9. The average Bonchev–Trinajstić information content (AvgIpc) is 2.76. The molecule has 19 heavy (non-hydrogen) atoms. The number of hydrogen-bond donors (Lipinski definition) is 2. The Kier molecular flexibility index (Phi) is 3.38. The molecule has 4 nitrogen and oxygen atoms in total. The lowest BCUT2D eigenvalue weighted by atomic mass is 9.94. The molecule has 0 aliphatic heterocycles. The van der Waals surface area contributed by atoms with Gasteiger partial charge in [0.05, 0.1) is 11.7 Å². The van der Waals surface area contributed by atoms with Crippen molar-refractivity contribution in [3.05, 3.63) is 53.4 Å². The van der Waals surface area contributed by atoms with Crippen LogP contribution in [0.4, 0.5) is 4.39 Å². The Hall–Kier alpha value is -2.17. The highest BCUT2D eigenvalue weighted by Gasteiger charge is 2.24. The topological polar surface area (TPSA) is 57.8 Å². The molecule has 0 fully saturated rings. The Labute approximate surface area is 111 Å². The number of aromatic amines is 1. The first-order chi connectivity index (χ1) is 8.88. The SMILES string of the molecule is Cc1ncc(C(=O)NC(C)(C)c2ccc(F)cc2)[nH]1. The molecule has 1 amide bonds. The Morgan fingerprint density at radius 1 is 1.32 bits per heavy atom. The van der Waals surface area contributed by atoms with Gasteiger partial charge in [-0.1, -0.05) is 12.1 Å². The van der Waals surface area contributed by atoms with Gasteiger partial charge in [-0.25, -0.2) is 9.37 Å². The van der Waals surface area contributed by atoms with Crippen molar-refractivity contribution in [3.8, 4) is 0 Å². The van der Waals surface area contributed by atoms with Gasteiger partial charge in [-0.05, 0) is 38.5 Å². The summed E-state index contributed by atoms with van der Waals surface area (Å²) in [5.41, 5.74) is 0.648. The maximum absolute atomic E-state index is 12.9. The Bertz CT molecular complexity index is 587. The van der Waals surface area contributed by atoms with Crippen molar-refractivity contribution >= 4 is 5.91 Å². The summed E-state index contributed by atoms with van der Waals surface area (Å²) in [5.74, 6) is 0.148. The summed E-state index contributed by atoms with van der Waals surface area (Å²) in [5, 5.41) is 2.89. The molecule has 100 valence electrons. The first-order valence-corrected chi connectivity index (χ1v) is 5.98. The number of hydrogen-bond acceptors (Lipinski definition) is 2. The van der Waals surface area contributed by atoms with E-state index in [4.69, 9.17) is 0 Å². The van der Waals surface area contributed by atoms with Gasteiger partial charge in [0.1, 0.15) is 17.3 Å². The van der Waals surface area contributed by atoms with E-state index < -0.39 is 5.54 Å². The molecule has 1 heterocycles. The van der Waals surface area contributed by atoms with Gasteiger partial charge in [0.25, 0.3) is 5.91 Å². The van der Waals surface area contributed by atoms with E-state index in [-0.39, 0.29) is 11.7 Å². The molecule has 2 N–H and O–H groups in total. The number of H-pyrrole nitrogens is 1. The van der Waals surface area contributed by atoms with E-state index in [1.165, 1.54) is 18.3 Å². The van der Waals surface area contributed by atoms with Crippen LogP contribution in [0.1, 0.15) is 35.7 Å². The van der Waals surface area contributed by atoms with Crippen LogP contribution in [0, 0.1) is 12.7 Å². The quantitative estimate of drug-likeness (QED) is 0.892. The van der Waals surface area contributed by atoms with Crippen LogP contribution in [0.25, 0.3) is 0 Å². The Balaban J connectivity index is 2.17. The van der Waals surface area contributed by atoms with E-state index in [1.807, 2.05) is 13.8 Å². The van der Waals surface area contributed by atoms with Crippen LogP contribution < -0.4 is 5.32 Å². The third-order valence-corrected chi connectivity index (χ3v) is 2.94. The molecular weight excluding hydrogens is 245 g/mol. The number of benzene rings is 1. The maximum Gasteiger partial charge on any atom is 0.270 e. The molecule has 0 atom stereocenters. The number of nitrogens with one attached hydrogen (secondary N) is 2. The van der Waals surface area contributed by atoms with Gasteiger partial charge in [0.2, 0.25) is 0 Å². The largest absolute Gasteiger partial charge is 0.342 e. The van der Waals surface area contributed by atoms with Crippen LogP contribution in [0.15, 0.2) is 30.5 Å². The Morgan fingerprint density at radius 3 is 2.47 bits per heavy atom. The van der Waals surface area contributed by atoms with Crippen molar-refractivity contribution in [1.29, 1.82) is 0 Å². The predicted molar refractivity (Wildman–Crippen MR) is 70.2 cm³/mol. The molecule has 0 saturated carbocycles. The van der Waals surface area contributed by atoms with Crippen molar-refractivity contribution in [1.82, 2.24) is 15.3 Å². The summed E-state index contributed by atoms with van der Waals surface area (Å²) in [4.78, 5) is 18.9. The lowest BCUT2D eigenvalue weighted by Gasteiger charge is -2.26. The van der Waals surface area contributed by atoms with Crippen LogP contribution >= 0.6 is 0 Å². The standard InChI is InChI=1S/C14H16FN3O/c1-9-16-8-12(17-9)13(19)18-14(2,3)10-4-6-11(15)7-5-10/h4-8H,1-3H3,(H,16,17)(H,18,19). The van der Waals surface area contributed by atoms with Crippen molar-refractivity contribution in [3.63, 3.8) is 0 Å². The molecule has 0 aliphatic rings. The molecule has 1 aromatic carbocycles. The smallest absolute Gasteiger partial charge is 0.270 e. The molecular formula is C14H16FN3O. The normalized spacial score (nSPS) is 11.4. The van der Waals surface area contributed by atoms with Crippen LogP contribution in [0.2, 0.25) is 0 Å². The van der Waals surface area contributed by atoms with Gasteiger partial charge >= 0.3 is 0 Å². The van der Waals surface area contributed by atoms with Gasteiger partial charge in [-0.15, -0.1) is 0 Å². The van der Waals surface area contributed by atoms with E-state index in [9.17, 15) is 9.18 Å². The number of carbonyl (C=O) groups is 1. The molecule has 0 spiro atoms. The zero-order valence-corrected chi connectivity index (χ0v) is 11.1. The van der Waals surface area contributed by atoms with E-state index in [0.29, 0.717) is 11.5 Å². The highest BCUT2D eigenvalue weighted by Crippen LogP contribution is 2.20. The lowest BCUT2D eigenvalue weighted by Crippen LogP contribution is -2.41. The summed E-state index contributed by atoms with van der Waals surface area (Å²) >= 11 is 0. The van der Waals surface area contributed by atoms with Crippen LogP contribution in [0.5, 0.6) is 0 Å². The van der Waals surface area contributed by atoms with Crippen molar-refractivity contribution in [2.45, 2.75) is 26.3 Å². The minimum absolute atomic E-state index is 0.241. The second-order valence-electron chi connectivity index (χ2n) is 4.97. The van der Waals surface area contributed by atoms with Crippen molar-refractivity contribution in [2.24, 2.45) is 0 Å². The highest BCUT2D eigenvalue weighted by atomic mass is 19.1. The summed E-state index contributed by atoms with van der Waals surface area (Å²) in [6.45, 7) is 5.50. The molecule has 2 aromatic rings.